The zero-order chi connectivity index (χ0) is 31.9. The maximum absolute atomic E-state index is 12.4. The summed E-state index contributed by atoms with van der Waals surface area (Å²) in [5.74, 6) is 1.49. The zero-order valence-corrected chi connectivity index (χ0v) is 27.8. The first-order chi connectivity index (χ1) is 21.9. The van der Waals surface area contributed by atoms with Crippen LogP contribution < -0.4 is 4.74 Å². The summed E-state index contributed by atoms with van der Waals surface area (Å²) in [6.07, 6.45) is 3.71. The Bertz CT molecular complexity index is 1300. The van der Waals surface area contributed by atoms with E-state index in [1.54, 1.807) is 24.1 Å². The fourth-order valence-electron chi connectivity index (χ4n) is 5.54. The molecule has 0 bridgehead atoms. The van der Waals surface area contributed by atoms with Crippen molar-refractivity contribution in [1.29, 1.82) is 0 Å². The molecule has 0 aliphatic carbocycles. The van der Waals surface area contributed by atoms with Gasteiger partial charge in [0.25, 0.3) is 0 Å². The molecule has 0 aromatic heterocycles. The third kappa shape index (κ3) is 9.70. The van der Waals surface area contributed by atoms with Crippen LogP contribution >= 0.6 is 11.8 Å². The lowest BCUT2D eigenvalue weighted by atomic mass is 9.84. The summed E-state index contributed by atoms with van der Waals surface area (Å²) in [6.45, 7) is 4.69. The minimum atomic E-state index is -0.544. The van der Waals surface area contributed by atoms with Crippen molar-refractivity contribution in [3.8, 4) is 5.75 Å². The van der Waals surface area contributed by atoms with Gasteiger partial charge in [0.15, 0.2) is 0 Å². The van der Waals surface area contributed by atoms with Crippen LogP contribution in [0.3, 0.4) is 0 Å². The molecule has 1 amide bonds. The lowest BCUT2D eigenvalue weighted by molar-refractivity contribution is 0.160. The van der Waals surface area contributed by atoms with Crippen molar-refractivity contribution in [3.63, 3.8) is 0 Å². The molecular weight excluding hydrogens is 577 g/mol. The van der Waals surface area contributed by atoms with Crippen LogP contribution in [0.1, 0.15) is 67.4 Å². The van der Waals surface area contributed by atoms with Crippen LogP contribution in [-0.4, -0.2) is 60.5 Å². The Hall–Kier alpha value is -3.58. The quantitative estimate of drug-likeness (QED) is 0.0940. The number of aliphatic hydroxyl groups excluding tert-OH is 1. The molecule has 0 saturated heterocycles. The average molecular weight is 625 g/mol. The van der Waals surface area contributed by atoms with Gasteiger partial charge >= 0.3 is 6.09 Å². The number of nitrogens with zero attached hydrogens (tertiary/aromatic N) is 2. The Morgan fingerprint density at radius 3 is 1.78 bits per heavy atom. The zero-order valence-electron chi connectivity index (χ0n) is 27.0. The van der Waals surface area contributed by atoms with Crippen molar-refractivity contribution in [2.45, 2.75) is 49.9 Å². The van der Waals surface area contributed by atoms with Crippen LogP contribution in [-0.2, 0) is 4.75 Å². The van der Waals surface area contributed by atoms with Crippen molar-refractivity contribution < 1.29 is 14.6 Å². The fourth-order valence-corrected chi connectivity index (χ4v) is 7.10. The average Bonchev–Trinajstić information content (AvgIpc) is 3.09. The van der Waals surface area contributed by atoms with Gasteiger partial charge in [-0.25, -0.2) is 4.79 Å². The molecule has 0 fully saturated rings. The van der Waals surface area contributed by atoms with E-state index in [0.717, 1.165) is 50.1 Å². The Kier molecular flexibility index (Phi) is 13.6. The van der Waals surface area contributed by atoms with Crippen LogP contribution in [0.5, 0.6) is 5.75 Å². The van der Waals surface area contributed by atoms with Gasteiger partial charge in [0.05, 0.1) is 10.9 Å². The van der Waals surface area contributed by atoms with Gasteiger partial charge in [-0.2, -0.15) is 0 Å². The molecule has 6 heteroatoms. The number of ether oxygens (including phenoxy) is 1. The molecule has 4 aromatic carbocycles. The summed E-state index contributed by atoms with van der Waals surface area (Å²) in [7, 11) is 3.83. The molecule has 4 rings (SSSR count). The van der Waals surface area contributed by atoms with Gasteiger partial charge in [-0.05, 0) is 79.5 Å². The molecule has 238 valence electrons. The van der Waals surface area contributed by atoms with Gasteiger partial charge in [0.1, 0.15) is 5.75 Å². The van der Waals surface area contributed by atoms with E-state index < -0.39 is 6.10 Å². The highest BCUT2D eigenvalue weighted by Crippen LogP contribution is 2.48. The summed E-state index contributed by atoms with van der Waals surface area (Å²) in [6, 6.07) is 39.7. The largest absolute Gasteiger partial charge is 0.414 e. The molecular formula is C39H48N2O3S. The van der Waals surface area contributed by atoms with Gasteiger partial charge in [0, 0.05) is 13.6 Å². The van der Waals surface area contributed by atoms with E-state index >= 15 is 0 Å². The molecule has 5 nitrogen and oxygen atoms in total. The smallest absolute Gasteiger partial charge is 0.410 e. The van der Waals surface area contributed by atoms with Gasteiger partial charge in [-0.3, -0.25) is 0 Å². The molecule has 0 radical (unpaired) electrons. The first kappa shape index (κ1) is 34.3. The predicted molar refractivity (Wildman–Crippen MR) is 188 cm³/mol. The van der Waals surface area contributed by atoms with E-state index in [4.69, 9.17) is 4.74 Å². The van der Waals surface area contributed by atoms with Crippen molar-refractivity contribution in [3.05, 3.63) is 138 Å². The van der Waals surface area contributed by atoms with Crippen molar-refractivity contribution >= 4 is 17.9 Å². The summed E-state index contributed by atoms with van der Waals surface area (Å²) in [5.41, 5.74) is 4.69. The standard InChI is InChI=1S/C39H48N2O3S/c1-4-40(2)29-17-30-41(3)38(43)44-36-27-25-32(26-28-36)37(42)24-15-8-16-31-45-39(33-18-9-5-10-19-33,34-20-11-6-12-21-34)35-22-13-7-14-23-35/h5-7,9-14,18-23,25-28,37,42H,4,8,15-17,24,29-31H2,1-3H3. The van der Waals surface area contributed by atoms with Crippen molar-refractivity contribution in [1.82, 2.24) is 9.80 Å². The van der Waals surface area contributed by atoms with Gasteiger partial charge < -0.3 is 19.6 Å². The maximum Gasteiger partial charge on any atom is 0.414 e. The number of carbonyl (C=O) groups is 1. The Morgan fingerprint density at radius 2 is 1.27 bits per heavy atom. The molecule has 1 atom stereocenters. The van der Waals surface area contributed by atoms with E-state index in [2.05, 4.69) is 110 Å². The van der Waals surface area contributed by atoms with E-state index in [-0.39, 0.29) is 10.8 Å². The van der Waals surface area contributed by atoms with Gasteiger partial charge in [-0.15, -0.1) is 11.8 Å². The summed E-state index contributed by atoms with van der Waals surface area (Å²) in [4.78, 5) is 16.3. The molecule has 0 aliphatic heterocycles. The lowest BCUT2D eigenvalue weighted by Gasteiger charge is -2.35. The summed E-state index contributed by atoms with van der Waals surface area (Å²) < 4.78 is 5.24. The minimum absolute atomic E-state index is 0.297. The Balaban J connectivity index is 1.27. The van der Waals surface area contributed by atoms with Crippen LogP contribution in [0, 0.1) is 0 Å². The second-order valence-electron chi connectivity index (χ2n) is 11.6. The van der Waals surface area contributed by atoms with Gasteiger partial charge in [-0.1, -0.05) is 123 Å². The number of carbonyl (C=O) groups excluding carboxylic acids is 1. The third-order valence-corrected chi connectivity index (χ3v) is 9.97. The molecule has 45 heavy (non-hydrogen) atoms. The lowest BCUT2D eigenvalue weighted by Crippen LogP contribution is -2.32. The number of aliphatic hydroxyl groups is 1. The van der Waals surface area contributed by atoms with Crippen molar-refractivity contribution in [2.24, 2.45) is 0 Å². The number of unbranched alkanes of at least 4 members (excludes halogenated alkanes) is 2. The normalized spacial score (nSPS) is 12.2. The summed E-state index contributed by atoms with van der Waals surface area (Å²) >= 11 is 1.99. The molecule has 0 aliphatic rings. The van der Waals surface area contributed by atoms with Crippen LogP contribution in [0.15, 0.2) is 115 Å². The number of benzene rings is 4. The summed E-state index contributed by atoms with van der Waals surface area (Å²) in [5, 5.41) is 10.9. The number of thioether (sulfide) groups is 1. The highest BCUT2D eigenvalue weighted by Gasteiger charge is 2.36. The second kappa shape index (κ2) is 17.8. The van der Waals surface area contributed by atoms with E-state index in [1.807, 2.05) is 23.9 Å². The molecule has 1 N–H and O–H groups in total. The van der Waals surface area contributed by atoms with E-state index in [0.29, 0.717) is 18.7 Å². The molecule has 0 spiro atoms. The molecule has 1 unspecified atom stereocenters. The number of hydrogen-bond donors (Lipinski definition) is 1. The predicted octanol–water partition coefficient (Wildman–Crippen LogP) is 8.78. The number of hydrogen-bond acceptors (Lipinski definition) is 5. The fraction of sp³-hybridized carbons (Fsp3) is 0.359. The maximum atomic E-state index is 12.4. The highest BCUT2D eigenvalue weighted by molar-refractivity contribution is 8.00. The highest BCUT2D eigenvalue weighted by atomic mass is 32.2. The SMILES string of the molecule is CCN(C)CCCN(C)C(=O)Oc1ccc(C(O)CCCCCSC(c2ccccc2)(c2ccccc2)c2ccccc2)cc1. The van der Waals surface area contributed by atoms with Crippen molar-refractivity contribution in [2.75, 3.05) is 39.5 Å². The minimum Gasteiger partial charge on any atom is -0.410 e. The number of amides is 1. The molecule has 4 aromatic rings. The first-order valence-corrected chi connectivity index (χ1v) is 17.1. The molecule has 0 heterocycles. The monoisotopic (exact) mass is 624 g/mol. The van der Waals surface area contributed by atoms with E-state index in [9.17, 15) is 9.90 Å². The molecule has 0 saturated carbocycles. The van der Waals surface area contributed by atoms with E-state index in [1.165, 1.54) is 16.7 Å². The first-order valence-electron chi connectivity index (χ1n) is 16.1. The van der Waals surface area contributed by atoms with Crippen LogP contribution in [0.2, 0.25) is 0 Å². The van der Waals surface area contributed by atoms with Crippen LogP contribution in [0.25, 0.3) is 0 Å². The Labute approximate surface area is 274 Å². The number of rotatable bonds is 17. The Morgan fingerprint density at radius 1 is 0.733 bits per heavy atom. The van der Waals surface area contributed by atoms with Gasteiger partial charge in [0.2, 0.25) is 0 Å². The third-order valence-electron chi connectivity index (χ3n) is 8.34. The topological polar surface area (TPSA) is 53.0 Å². The van der Waals surface area contributed by atoms with Crippen LogP contribution in [0.4, 0.5) is 4.79 Å². The second-order valence-corrected chi connectivity index (χ2v) is 12.9.